The molecule has 0 aliphatic carbocycles. The summed E-state index contributed by atoms with van der Waals surface area (Å²) in [6.45, 7) is 3.95. The number of hydrogen-bond donors (Lipinski definition) is 2. The summed E-state index contributed by atoms with van der Waals surface area (Å²) in [5, 5.41) is 13.3. The smallest absolute Gasteiger partial charge is 0.322 e. The highest BCUT2D eigenvalue weighted by Gasteiger charge is 2.36. The zero-order valence-electron chi connectivity index (χ0n) is 16.6. The Hall–Kier alpha value is -3.17. The molecule has 1 saturated heterocycles. The Bertz CT molecular complexity index is 854. The fourth-order valence-electron chi connectivity index (χ4n) is 3.19. The first-order valence-corrected chi connectivity index (χ1v) is 9.42. The van der Waals surface area contributed by atoms with Crippen LogP contribution in [0.1, 0.15) is 30.8 Å². The molecule has 2 heterocycles. The van der Waals surface area contributed by atoms with E-state index in [2.05, 4.69) is 20.9 Å². The lowest BCUT2D eigenvalue weighted by molar-refractivity contribution is 0.0938. The SMILES string of the molecule is COc1ccc(NC(=O)N2C[C@@H](F)C[C@H]2Cn2cc(C(=O)NC(C)C)nn2)cc1. The predicted octanol–water partition coefficient (Wildman–Crippen LogP) is 2.07. The van der Waals surface area contributed by atoms with E-state index in [1.807, 2.05) is 13.8 Å². The summed E-state index contributed by atoms with van der Waals surface area (Å²) in [5.74, 6) is 0.351. The molecule has 156 valence electrons. The number of amides is 3. The average Bonchev–Trinajstić information content (AvgIpc) is 3.29. The number of likely N-dealkylation sites (tertiary alicyclic amines) is 1. The van der Waals surface area contributed by atoms with E-state index in [4.69, 9.17) is 4.74 Å². The number of alkyl halides is 1. The highest BCUT2D eigenvalue weighted by atomic mass is 19.1. The average molecular weight is 404 g/mol. The summed E-state index contributed by atoms with van der Waals surface area (Å²) in [6.07, 6.45) is 0.584. The predicted molar refractivity (Wildman–Crippen MR) is 105 cm³/mol. The van der Waals surface area contributed by atoms with Crippen LogP contribution < -0.4 is 15.4 Å². The largest absolute Gasteiger partial charge is 0.497 e. The number of carbonyl (C=O) groups excluding carboxylic acids is 2. The maximum absolute atomic E-state index is 14.1. The van der Waals surface area contributed by atoms with Gasteiger partial charge >= 0.3 is 6.03 Å². The van der Waals surface area contributed by atoms with Gasteiger partial charge < -0.3 is 20.3 Å². The number of anilines is 1. The van der Waals surface area contributed by atoms with Crippen molar-refractivity contribution >= 4 is 17.6 Å². The first kappa shape index (κ1) is 20.6. The summed E-state index contributed by atoms with van der Waals surface area (Å²) in [6, 6.07) is 6.08. The van der Waals surface area contributed by atoms with Gasteiger partial charge in [-0.25, -0.2) is 13.9 Å². The molecule has 9 nitrogen and oxygen atoms in total. The second-order valence-corrected chi connectivity index (χ2v) is 7.25. The third kappa shape index (κ3) is 5.21. The number of halogens is 1. The molecule has 0 bridgehead atoms. The van der Waals surface area contributed by atoms with Gasteiger partial charge in [0.05, 0.1) is 32.4 Å². The zero-order chi connectivity index (χ0) is 21.0. The first-order chi connectivity index (χ1) is 13.9. The van der Waals surface area contributed by atoms with Gasteiger partial charge in [0.15, 0.2) is 5.69 Å². The molecule has 2 atom stereocenters. The number of benzene rings is 1. The van der Waals surface area contributed by atoms with Crippen molar-refractivity contribution in [2.45, 2.75) is 45.1 Å². The van der Waals surface area contributed by atoms with Crippen molar-refractivity contribution in [3.05, 3.63) is 36.2 Å². The van der Waals surface area contributed by atoms with Crippen molar-refractivity contribution in [2.24, 2.45) is 0 Å². The number of nitrogens with one attached hydrogen (secondary N) is 2. The molecular weight excluding hydrogens is 379 g/mol. The summed E-state index contributed by atoms with van der Waals surface area (Å²) >= 11 is 0. The van der Waals surface area contributed by atoms with Crippen LogP contribution >= 0.6 is 0 Å². The maximum atomic E-state index is 14.1. The van der Waals surface area contributed by atoms with Crippen molar-refractivity contribution in [1.29, 1.82) is 0 Å². The van der Waals surface area contributed by atoms with Crippen LogP contribution in [0.2, 0.25) is 0 Å². The van der Waals surface area contributed by atoms with Crippen molar-refractivity contribution in [3.8, 4) is 5.75 Å². The molecule has 1 fully saturated rings. The fourth-order valence-corrected chi connectivity index (χ4v) is 3.19. The Morgan fingerprint density at radius 3 is 2.69 bits per heavy atom. The van der Waals surface area contributed by atoms with Crippen molar-refractivity contribution in [2.75, 3.05) is 19.0 Å². The van der Waals surface area contributed by atoms with Gasteiger partial charge in [0.25, 0.3) is 5.91 Å². The molecule has 3 amide bonds. The molecule has 2 aromatic rings. The minimum absolute atomic E-state index is 0.00203. The molecule has 0 unspecified atom stereocenters. The van der Waals surface area contributed by atoms with Crippen molar-refractivity contribution in [1.82, 2.24) is 25.2 Å². The van der Waals surface area contributed by atoms with Crippen LogP contribution in [0.25, 0.3) is 0 Å². The molecule has 1 aromatic carbocycles. The lowest BCUT2D eigenvalue weighted by atomic mass is 10.2. The van der Waals surface area contributed by atoms with Crippen LogP contribution in [0, 0.1) is 0 Å². The molecule has 10 heteroatoms. The Kier molecular flexibility index (Phi) is 6.30. The molecule has 0 saturated carbocycles. The number of rotatable bonds is 6. The third-order valence-corrected chi connectivity index (χ3v) is 4.55. The highest BCUT2D eigenvalue weighted by molar-refractivity contribution is 5.92. The Morgan fingerprint density at radius 2 is 2.03 bits per heavy atom. The van der Waals surface area contributed by atoms with Crippen LogP contribution in [-0.2, 0) is 6.54 Å². The maximum Gasteiger partial charge on any atom is 0.322 e. The number of ether oxygens (including phenoxy) is 1. The molecule has 1 aromatic heterocycles. The van der Waals surface area contributed by atoms with E-state index in [9.17, 15) is 14.0 Å². The summed E-state index contributed by atoms with van der Waals surface area (Å²) < 4.78 is 20.6. The molecule has 0 spiro atoms. The summed E-state index contributed by atoms with van der Waals surface area (Å²) in [7, 11) is 1.56. The van der Waals surface area contributed by atoms with E-state index in [1.54, 1.807) is 31.4 Å². The minimum Gasteiger partial charge on any atom is -0.497 e. The van der Waals surface area contributed by atoms with E-state index >= 15 is 0 Å². The molecule has 29 heavy (non-hydrogen) atoms. The number of urea groups is 1. The molecule has 1 aliphatic rings. The quantitative estimate of drug-likeness (QED) is 0.768. The van der Waals surface area contributed by atoms with Gasteiger partial charge in [0.2, 0.25) is 0 Å². The third-order valence-electron chi connectivity index (χ3n) is 4.55. The molecular formula is C19H25FN6O3. The fraction of sp³-hybridized carbons (Fsp3) is 0.474. The molecule has 3 rings (SSSR count). The van der Waals surface area contributed by atoms with Gasteiger partial charge in [-0.05, 0) is 38.1 Å². The first-order valence-electron chi connectivity index (χ1n) is 9.42. The summed E-state index contributed by atoms with van der Waals surface area (Å²) in [4.78, 5) is 26.1. The standard InChI is InChI=1S/C19H25FN6O3/c1-12(2)21-18(27)17-11-25(24-23-17)10-15-8-13(20)9-26(15)19(28)22-14-4-6-16(29-3)7-5-14/h4-7,11-13,15H,8-10H2,1-3H3,(H,21,27)(H,22,28)/t13-,15-/m0/s1. The normalized spacial score (nSPS) is 18.7. The van der Waals surface area contributed by atoms with E-state index < -0.39 is 18.2 Å². The Balaban J connectivity index is 1.64. The van der Waals surface area contributed by atoms with Gasteiger partial charge in [-0.15, -0.1) is 5.10 Å². The van der Waals surface area contributed by atoms with Crippen LogP contribution in [0.5, 0.6) is 5.75 Å². The Labute approximate surface area is 168 Å². The molecule has 2 N–H and O–H groups in total. The minimum atomic E-state index is -1.12. The lowest BCUT2D eigenvalue weighted by Crippen LogP contribution is -2.41. The van der Waals surface area contributed by atoms with Gasteiger partial charge in [-0.1, -0.05) is 5.21 Å². The summed E-state index contributed by atoms with van der Waals surface area (Å²) in [5.41, 5.74) is 0.771. The Morgan fingerprint density at radius 1 is 1.31 bits per heavy atom. The van der Waals surface area contributed by atoms with E-state index in [-0.39, 0.29) is 37.2 Å². The van der Waals surface area contributed by atoms with Crippen LogP contribution in [0.15, 0.2) is 30.5 Å². The second kappa shape index (κ2) is 8.89. The zero-order valence-corrected chi connectivity index (χ0v) is 16.6. The van der Waals surface area contributed by atoms with Gasteiger partial charge in [-0.3, -0.25) is 4.79 Å². The van der Waals surface area contributed by atoms with E-state index in [0.717, 1.165) is 0 Å². The van der Waals surface area contributed by atoms with Crippen molar-refractivity contribution in [3.63, 3.8) is 0 Å². The number of aromatic nitrogens is 3. The van der Waals surface area contributed by atoms with Crippen molar-refractivity contribution < 1.29 is 18.7 Å². The van der Waals surface area contributed by atoms with Gasteiger partial charge in [0.1, 0.15) is 11.9 Å². The van der Waals surface area contributed by atoms with E-state index in [1.165, 1.54) is 15.8 Å². The second-order valence-electron chi connectivity index (χ2n) is 7.25. The topological polar surface area (TPSA) is 101 Å². The molecule has 1 aliphatic heterocycles. The van der Waals surface area contributed by atoms with E-state index in [0.29, 0.717) is 11.4 Å². The number of carbonyl (C=O) groups is 2. The van der Waals surface area contributed by atoms with Gasteiger partial charge in [0, 0.05) is 18.2 Å². The number of nitrogens with zero attached hydrogens (tertiary/aromatic N) is 4. The van der Waals surface area contributed by atoms with Gasteiger partial charge in [-0.2, -0.15) is 0 Å². The lowest BCUT2D eigenvalue weighted by Gasteiger charge is -2.24. The number of methoxy groups -OCH3 is 1. The molecule has 0 radical (unpaired) electrons. The van der Waals surface area contributed by atoms with Crippen LogP contribution in [0.4, 0.5) is 14.9 Å². The number of hydrogen-bond acceptors (Lipinski definition) is 5. The highest BCUT2D eigenvalue weighted by Crippen LogP contribution is 2.23. The monoisotopic (exact) mass is 404 g/mol. The van der Waals surface area contributed by atoms with Crippen LogP contribution in [0.3, 0.4) is 0 Å². The van der Waals surface area contributed by atoms with Crippen LogP contribution in [-0.4, -0.2) is 63.7 Å².